The summed E-state index contributed by atoms with van der Waals surface area (Å²) in [4.78, 5) is 0. The van der Waals surface area contributed by atoms with Crippen LogP contribution in [-0.4, -0.2) is 0 Å². The Labute approximate surface area is 208 Å². The number of halogens is 2. The maximum Gasteiger partial charge on any atom is 2.00 e. The molecule has 4 unspecified atom stereocenters. The Balaban J connectivity index is -0.000000105. The van der Waals surface area contributed by atoms with Gasteiger partial charge in [-0.3, -0.25) is 0 Å². The third kappa shape index (κ3) is 27.4. The van der Waals surface area contributed by atoms with Gasteiger partial charge in [-0.15, -0.1) is 0 Å². The fraction of sp³-hybridized carbons (Fsp3) is 0. The van der Waals surface area contributed by atoms with Gasteiger partial charge in [-0.2, -0.15) is 54.7 Å². The van der Waals surface area contributed by atoms with Crippen molar-refractivity contribution in [3.05, 3.63) is 70.7 Å². The molecule has 0 radical (unpaired) electrons. The van der Waals surface area contributed by atoms with E-state index < -0.39 is 0 Å². The molecule has 12 heteroatoms. The van der Waals surface area contributed by atoms with E-state index in [0.717, 1.165) is 31.5 Å². The zero-order valence-corrected chi connectivity index (χ0v) is 26.2. The van der Waals surface area contributed by atoms with Gasteiger partial charge in [-0.05, 0) is 0 Å². The first-order valence-electron chi connectivity index (χ1n) is 5.43. The van der Waals surface area contributed by atoms with Crippen LogP contribution in [0.15, 0.2) is 47.5 Å². The quantitative estimate of drug-likeness (QED) is 0.255. The normalized spacial score (nSPS) is 9.33. The predicted molar refractivity (Wildman–Crippen MR) is 109 cm³/mol. The topological polar surface area (TPSA) is 0 Å². The molecule has 0 amide bonds. The standard InChI is InChI=1S/4C3H3P2.2ClH.2Zr/c4*1-2-4-5-3-1;;;;/h4*1-2,4H;2*1H;;/q4*-1;;;2*+2/p-2. The Morgan fingerprint density at radius 1 is 0.458 bits per heavy atom. The number of hydrogen-bond acceptors (Lipinski definition) is 0. The average molecular weight is 657 g/mol. The molecule has 0 aliphatic heterocycles. The molecule has 0 aliphatic rings. The summed E-state index contributed by atoms with van der Waals surface area (Å²) in [5.74, 6) is 20.7. The van der Waals surface area contributed by atoms with Crippen molar-refractivity contribution in [3.8, 4) is 0 Å². The van der Waals surface area contributed by atoms with Crippen LogP contribution in [0, 0.1) is 23.2 Å². The van der Waals surface area contributed by atoms with E-state index in [1.165, 1.54) is 31.5 Å². The maximum absolute atomic E-state index is 3.03. The molecular weight excluding hydrogens is 645 g/mol. The first-order valence-corrected chi connectivity index (χ1v) is 16.7. The van der Waals surface area contributed by atoms with Crippen LogP contribution in [-0.2, 0) is 52.4 Å². The van der Waals surface area contributed by atoms with Gasteiger partial charge < -0.3 is 24.8 Å². The first-order chi connectivity index (χ1) is 10.0. The molecule has 0 aromatic carbocycles. The molecule has 0 saturated carbocycles. The Hall–Kier alpha value is 3.19. The predicted octanol–water partition coefficient (Wildman–Crippen LogP) is 2.40. The van der Waals surface area contributed by atoms with Gasteiger partial charge in [0.15, 0.2) is 0 Å². The molecule has 4 atom stereocenters. The average Bonchev–Trinajstić information content (AvgIpc) is 3.40. The minimum Gasteiger partial charge on any atom is -1.00 e. The van der Waals surface area contributed by atoms with Gasteiger partial charge >= 0.3 is 52.4 Å². The molecule has 0 spiro atoms. The minimum absolute atomic E-state index is 0. The maximum atomic E-state index is 3.03. The third-order valence-corrected chi connectivity index (χ3v) is 9.23. The van der Waals surface area contributed by atoms with E-state index in [0.29, 0.717) is 0 Å². The van der Waals surface area contributed by atoms with Crippen LogP contribution < -0.4 is 24.8 Å². The van der Waals surface area contributed by atoms with Crippen molar-refractivity contribution < 1.29 is 77.2 Å². The summed E-state index contributed by atoms with van der Waals surface area (Å²) in [6, 6.07) is 7.94. The van der Waals surface area contributed by atoms with E-state index in [-0.39, 0.29) is 77.2 Å². The summed E-state index contributed by atoms with van der Waals surface area (Å²) >= 11 is 0. The summed E-state index contributed by atoms with van der Waals surface area (Å²) in [5.41, 5.74) is 0. The van der Waals surface area contributed by atoms with Gasteiger partial charge in [-0.1, -0.05) is 0 Å². The van der Waals surface area contributed by atoms with Crippen LogP contribution in [0.25, 0.3) is 0 Å². The monoisotopic (exact) mass is 654 g/mol. The van der Waals surface area contributed by atoms with E-state index in [9.17, 15) is 0 Å². The van der Waals surface area contributed by atoms with Crippen LogP contribution >= 0.6 is 63.0 Å². The van der Waals surface area contributed by atoms with Crippen molar-refractivity contribution in [2.45, 2.75) is 0 Å². The summed E-state index contributed by atoms with van der Waals surface area (Å²) in [6.45, 7) is 0. The molecule has 124 valence electrons. The molecule has 0 N–H and O–H groups in total. The number of hydrogen-bond donors (Lipinski definition) is 0. The van der Waals surface area contributed by atoms with Gasteiger partial charge in [0.25, 0.3) is 0 Å². The Kier molecular flexibility index (Phi) is 44.6. The zero-order valence-electron chi connectivity index (χ0n) is 12.2. The van der Waals surface area contributed by atoms with Crippen LogP contribution in [0.2, 0.25) is 0 Å². The molecule has 0 aliphatic carbocycles. The summed E-state index contributed by atoms with van der Waals surface area (Å²) in [5, 5.41) is 0. The molecule has 24 heavy (non-hydrogen) atoms. The fourth-order valence-electron chi connectivity index (χ4n) is 0.745. The van der Waals surface area contributed by atoms with Gasteiger partial charge in [0, 0.05) is 0 Å². The van der Waals surface area contributed by atoms with E-state index >= 15 is 0 Å². The van der Waals surface area contributed by atoms with Crippen molar-refractivity contribution in [1.29, 1.82) is 0 Å². The smallest absolute Gasteiger partial charge is 1.00 e. The second-order valence-electron chi connectivity index (χ2n) is 2.81. The molecule has 4 heterocycles. The van der Waals surface area contributed by atoms with Crippen molar-refractivity contribution in [3.63, 3.8) is 0 Å². The van der Waals surface area contributed by atoms with Gasteiger partial charge in [-0.25, -0.2) is 78.9 Å². The largest absolute Gasteiger partial charge is 2.00 e. The minimum atomic E-state index is 0. The molecule has 0 fully saturated rings. The molecule has 4 rings (SSSR count). The molecule has 0 saturated heterocycles. The summed E-state index contributed by atoms with van der Waals surface area (Å²) in [7, 11) is 9.39. The van der Waals surface area contributed by atoms with Crippen molar-refractivity contribution in [2.75, 3.05) is 0 Å². The SMILES string of the molecule is [Cl-].[Cl-].[Zr+2].[Zr+2].[c-]1cc[pH]p1.[c-]1cc[pH]p1.[c-]1cc[pH]p1.[c-]1cc[pH]p1. The van der Waals surface area contributed by atoms with Crippen LogP contribution in [0.1, 0.15) is 0 Å². The molecule has 4 aromatic rings. The van der Waals surface area contributed by atoms with E-state index in [1.54, 1.807) is 0 Å². The van der Waals surface area contributed by atoms with Crippen LogP contribution in [0.4, 0.5) is 0 Å². The van der Waals surface area contributed by atoms with Crippen LogP contribution in [0.3, 0.4) is 0 Å². The molecule has 4 aromatic heterocycles. The van der Waals surface area contributed by atoms with E-state index in [4.69, 9.17) is 0 Å². The Bertz CT molecular complexity index is 370. The molecule has 0 nitrogen and oxygen atoms in total. The first kappa shape index (κ1) is 34.7. The zero-order chi connectivity index (χ0) is 14.1. The Morgan fingerprint density at radius 2 is 0.667 bits per heavy atom. The van der Waals surface area contributed by atoms with Gasteiger partial charge in [0.05, 0.1) is 0 Å². The second kappa shape index (κ2) is 30.9. The van der Waals surface area contributed by atoms with Gasteiger partial charge in [0.1, 0.15) is 0 Å². The van der Waals surface area contributed by atoms with E-state index in [2.05, 4.69) is 46.4 Å². The van der Waals surface area contributed by atoms with Crippen molar-refractivity contribution in [2.24, 2.45) is 0 Å². The van der Waals surface area contributed by atoms with Crippen molar-refractivity contribution >= 4 is 63.0 Å². The van der Waals surface area contributed by atoms with Crippen LogP contribution in [0.5, 0.6) is 0 Å². The summed E-state index contributed by atoms with van der Waals surface area (Å²) < 4.78 is 0. The molecule has 0 bridgehead atoms. The Morgan fingerprint density at radius 3 is 0.708 bits per heavy atom. The number of rotatable bonds is 0. The van der Waals surface area contributed by atoms with E-state index in [1.807, 2.05) is 24.3 Å². The second-order valence-corrected chi connectivity index (χ2v) is 12.9. The fourth-order valence-corrected chi connectivity index (χ4v) is 6.71. The van der Waals surface area contributed by atoms with Crippen molar-refractivity contribution in [1.82, 2.24) is 0 Å². The van der Waals surface area contributed by atoms with Gasteiger partial charge in [0.2, 0.25) is 0 Å². The molecular formula is C12H12Cl2P8Zr2-2. The summed E-state index contributed by atoms with van der Waals surface area (Å²) in [6.07, 6.45) is 0. The third-order valence-electron chi connectivity index (χ3n) is 1.45.